The minimum absolute atomic E-state index is 0.0258. The molecule has 2 amide bonds. The summed E-state index contributed by atoms with van der Waals surface area (Å²) in [5.74, 6) is -1.12. The van der Waals surface area contributed by atoms with Gasteiger partial charge in [-0.15, -0.1) is 0 Å². The normalized spacial score (nSPS) is 19.4. The summed E-state index contributed by atoms with van der Waals surface area (Å²) >= 11 is 0. The summed E-state index contributed by atoms with van der Waals surface area (Å²) < 4.78 is 0. The van der Waals surface area contributed by atoms with Gasteiger partial charge in [-0.2, -0.15) is 0 Å². The van der Waals surface area contributed by atoms with Crippen molar-refractivity contribution in [2.75, 3.05) is 19.8 Å². The molecule has 0 aromatic carbocycles. The van der Waals surface area contributed by atoms with E-state index in [1.54, 1.807) is 0 Å². The maximum absolute atomic E-state index is 10.6. The fourth-order valence-corrected chi connectivity index (χ4v) is 2.58. The molecule has 15 N–H and O–H groups in total. The van der Waals surface area contributed by atoms with Gasteiger partial charge in [-0.05, 0) is 0 Å². The zero-order valence-corrected chi connectivity index (χ0v) is 22.6. The van der Waals surface area contributed by atoms with Crippen LogP contribution in [0.15, 0.2) is 0 Å². The molecule has 0 bridgehead atoms. The Kier molecular flexibility index (Phi) is 25.0. The highest BCUT2D eigenvalue weighted by molar-refractivity contribution is 5.78. The largest absolute Gasteiger partial charge is 0.394 e. The Morgan fingerprint density at radius 1 is 0.500 bits per heavy atom. The second-order valence-corrected chi connectivity index (χ2v) is 8.54. The summed E-state index contributed by atoms with van der Waals surface area (Å²) in [7, 11) is 0. The molecule has 0 saturated carbocycles. The number of amides is 2. The van der Waals surface area contributed by atoms with Gasteiger partial charge in [-0.1, -0.05) is 0 Å². The van der Waals surface area contributed by atoms with Crippen LogP contribution in [0.4, 0.5) is 0 Å². The first-order chi connectivity index (χ1) is 19.4. The SMILES string of the molecule is CC(=O)N[C@@H](C=O)[C@@H](O)[C@H](O)[C@H](O)CO.CC(=O)N[C@@H](C=O)[C@@H](O)[C@H](O)[C@H](O)CO.O=C[C@H](O)[C@@H](O)[C@H](O)[C@H](O)CO. The number of aliphatic hydroxyl groups is 13. The minimum Gasteiger partial charge on any atom is -0.394 e. The Hall–Kier alpha value is -2.57. The number of carbonyl (C=O) groups excluding carboxylic acids is 5. The lowest BCUT2D eigenvalue weighted by Crippen LogP contribution is -2.53. The van der Waals surface area contributed by atoms with Crippen LogP contribution in [0.5, 0.6) is 0 Å². The molecule has 0 fully saturated rings. The average Bonchev–Trinajstić information content (AvgIpc) is 2.98. The first-order valence-corrected chi connectivity index (χ1v) is 11.9. The van der Waals surface area contributed by atoms with Gasteiger partial charge in [-0.3, -0.25) is 9.59 Å². The molecule has 0 saturated heterocycles. The molecule has 0 rings (SSSR count). The van der Waals surface area contributed by atoms with E-state index >= 15 is 0 Å². The fourth-order valence-electron chi connectivity index (χ4n) is 2.58. The smallest absolute Gasteiger partial charge is 0.217 e. The van der Waals surface area contributed by atoms with Crippen LogP contribution in [0.25, 0.3) is 0 Å². The Morgan fingerprint density at radius 3 is 0.952 bits per heavy atom. The van der Waals surface area contributed by atoms with E-state index in [0.717, 1.165) is 13.8 Å². The third-order valence-corrected chi connectivity index (χ3v) is 5.05. The zero-order valence-electron chi connectivity index (χ0n) is 22.6. The quantitative estimate of drug-likeness (QED) is 0.0669. The highest BCUT2D eigenvalue weighted by atomic mass is 16.4. The van der Waals surface area contributed by atoms with E-state index in [1.165, 1.54) is 0 Å². The van der Waals surface area contributed by atoms with Crippen LogP contribution in [0.2, 0.25) is 0 Å². The predicted molar refractivity (Wildman–Crippen MR) is 135 cm³/mol. The van der Waals surface area contributed by atoms with Gasteiger partial charge < -0.3 is 91.4 Å². The molecule has 0 heterocycles. The molecule has 0 aliphatic carbocycles. The second-order valence-electron chi connectivity index (χ2n) is 8.54. The second kappa shape index (κ2) is 23.9. The molecule has 0 aliphatic heterocycles. The lowest BCUT2D eigenvalue weighted by Gasteiger charge is -2.25. The summed E-state index contributed by atoms with van der Waals surface area (Å²) in [5.41, 5.74) is 0. The standard InChI is InChI=1S/2C8H15NO6.C6H12O6/c2*1-4(12)9-5(2-10)7(14)8(15)6(13)3-11;7-1-3(9)5(11)6(12)4(10)2-8/h2*2,5-8,11,13-15H,3H2,1H3,(H,9,12);1,3-6,8-12H,2H2/t2*5-,6+,7+,8+;3-,4+,5+,6+/m000/s1. The maximum atomic E-state index is 10.6. The summed E-state index contributed by atoms with van der Waals surface area (Å²) in [5, 5.41) is 120. The van der Waals surface area contributed by atoms with Crippen molar-refractivity contribution in [2.45, 2.75) is 87.0 Å². The molecule has 20 heteroatoms. The summed E-state index contributed by atoms with van der Waals surface area (Å²) in [6.07, 6.45) is -16.3. The van der Waals surface area contributed by atoms with Crippen molar-refractivity contribution in [2.24, 2.45) is 0 Å². The van der Waals surface area contributed by atoms with Gasteiger partial charge in [0.25, 0.3) is 0 Å². The molecular formula is C22H42N2O18. The Balaban J connectivity index is -0.000000547. The first kappa shape index (κ1) is 43.9. The third kappa shape index (κ3) is 17.4. The molecule has 248 valence electrons. The van der Waals surface area contributed by atoms with Crippen LogP contribution in [-0.2, 0) is 24.0 Å². The Morgan fingerprint density at radius 2 is 0.762 bits per heavy atom. The summed E-state index contributed by atoms with van der Waals surface area (Å²) in [6.45, 7) is -0.00625. The number of carbonyl (C=O) groups is 5. The van der Waals surface area contributed by atoms with E-state index in [9.17, 15) is 44.4 Å². The predicted octanol–water partition coefficient (Wildman–Crippen LogP) is -9.85. The summed E-state index contributed by atoms with van der Waals surface area (Å²) in [6, 6.07) is -2.64. The van der Waals surface area contributed by atoms with E-state index in [-0.39, 0.29) is 18.9 Å². The molecule has 0 spiro atoms. The molecule has 0 radical (unpaired) electrons. The topological polar surface area (TPSA) is 372 Å². The Labute approximate surface area is 239 Å². The van der Waals surface area contributed by atoms with E-state index in [1.807, 2.05) is 0 Å². The van der Waals surface area contributed by atoms with Crippen LogP contribution in [0, 0.1) is 0 Å². The molecule has 0 aromatic rings. The number of hydrogen-bond donors (Lipinski definition) is 15. The van der Waals surface area contributed by atoms with Gasteiger partial charge in [0.2, 0.25) is 11.8 Å². The zero-order chi connectivity index (χ0) is 33.7. The third-order valence-electron chi connectivity index (χ3n) is 5.05. The van der Waals surface area contributed by atoms with Crippen LogP contribution < -0.4 is 10.6 Å². The van der Waals surface area contributed by atoms with Gasteiger partial charge in [0.15, 0.2) is 6.29 Å². The van der Waals surface area contributed by atoms with Gasteiger partial charge in [0.05, 0.1) is 19.8 Å². The lowest BCUT2D eigenvalue weighted by atomic mass is 10.0. The minimum atomic E-state index is -1.79. The van der Waals surface area contributed by atoms with Gasteiger partial charge in [-0.25, -0.2) is 0 Å². The van der Waals surface area contributed by atoms with Crippen molar-refractivity contribution < 1.29 is 90.4 Å². The molecule has 42 heavy (non-hydrogen) atoms. The monoisotopic (exact) mass is 622 g/mol. The van der Waals surface area contributed by atoms with Crippen molar-refractivity contribution in [3.63, 3.8) is 0 Å². The maximum Gasteiger partial charge on any atom is 0.217 e. The molecule has 0 aromatic heterocycles. The molecular weight excluding hydrogens is 580 g/mol. The van der Waals surface area contributed by atoms with E-state index < -0.39 is 105 Å². The molecule has 0 aliphatic rings. The van der Waals surface area contributed by atoms with Crippen molar-refractivity contribution >= 4 is 30.7 Å². The van der Waals surface area contributed by atoms with Crippen molar-refractivity contribution in [3.8, 4) is 0 Å². The first-order valence-electron chi connectivity index (χ1n) is 11.9. The van der Waals surface area contributed by atoms with Gasteiger partial charge in [0, 0.05) is 13.8 Å². The van der Waals surface area contributed by atoms with Crippen molar-refractivity contribution in [1.82, 2.24) is 10.6 Å². The van der Waals surface area contributed by atoms with Crippen LogP contribution >= 0.6 is 0 Å². The summed E-state index contributed by atoms with van der Waals surface area (Å²) in [4.78, 5) is 52.0. The number of aldehydes is 3. The Bertz CT molecular complexity index is 730. The van der Waals surface area contributed by atoms with Crippen molar-refractivity contribution in [3.05, 3.63) is 0 Å². The van der Waals surface area contributed by atoms with E-state index in [4.69, 9.17) is 46.0 Å². The molecule has 20 nitrogen and oxygen atoms in total. The van der Waals surface area contributed by atoms with Crippen molar-refractivity contribution in [1.29, 1.82) is 0 Å². The van der Waals surface area contributed by atoms with E-state index in [2.05, 4.69) is 10.6 Å². The molecule has 12 atom stereocenters. The highest BCUT2D eigenvalue weighted by Crippen LogP contribution is 2.05. The van der Waals surface area contributed by atoms with Crippen LogP contribution in [-0.4, -0.2) is 190 Å². The van der Waals surface area contributed by atoms with Crippen LogP contribution in [0.1, 0.15) is 13.8 Å². The van der Waals surface area contributed by atoms with Gasteiger partial charge >= 0.3 is 0 Å². The highest BCUT2D eigenvalue weighted by Gasteiger charge is 2.32. The van der Waals surface area contributed by atoms with Gasteiger partial charge in [0.1, 0.15) is 85.7 Å². The lowest BCUT2D eigenvalue weighted by molar-refractivity contribution is -0.136. The number of aliphatic hydroxyl groups excluding tert-OH is 13. The molecule has 0 unspecified atom stereocenters. The number of nitrogens with one attached hydrogen (secondary N) is 2. The number of hydrogen-bond acceptors (Lipinski definition) is 18. The van der Waals surface area contributed by atoms with Crippen LogP contribution in [0.3, 0.4) is 0 Å². The average molecular weight is 623 g/mol. The van der Waals surface area contributed by atoms with E-state index in [0.29, 0.717) is 0 Å². The number of rotatable bonds is 17. The fraction of sp³-hybridized carbons (Fsp3) is 0.773.